The van der Waals surface area contributed by atoms with Crippen molar-refractivity contribution in [3.8, 4) is 0 Å². The summed E-state index contributed by atoms with van der Waals surface area (Å²) in [5.41, 5.74) is 12.1. The molecule has 0 aliphatic carbocycles. The number of para-hydroxylation sites is 1. The fraction of sp³-hybridized carbons (Fsp3) is 0.429. The van der Waals surface area contributed by atoms with Gasteiger partial charge < -0.3 is 16.4 Å². The third-order valence-corrected chi connectivity index (χ3v) is 3.58. The normalized spacial score (nSPS) is 15.5. The Morgan fingerprint density at radius 2 is 1.80 bits per heavy atom. The van der Waals surface area contributed by atoms with Crippen LogP contribution in [0.4, 0.5) is 5.69 Å². The molecule has 1 aliphatic rings. The van der Waals surface area contributed by atoms with Crippen molar-refractivity contribution in [1.29, 1.82) is 0 Å². The minimum Gasteiger partial charge on any atom is -0.398 e. The Bertz CT molecular complexity index is 485. The Balaban J connectivity index is 0.00000200. The lowest BCUT2D eigenvalue weighted by atomic mass is 9.93. The maximum absolute atomic E-state index is 12.3. The molecule has 4 N–H and O–H groups in total. The first-order valence-electron chi connectivity index (χ1n) is 6.50. The number of nitrogen functional groups attached to an aromatic ring is 1. The molecule has 1 aliphatic heterocycles. The summed E-state index contributed by atoms with van der Waals surface area (Å²) in [5, 5.41) is 0. The quantitative estimate of drug-likeness (QED) is 0.827. The van der Waals surface area contributed by atoms with E-state index in [1.54, 1.807) is 17.0 Å². The third kappa shape index (κ3) is 3.87. The number of nitrogens with zero attached hydrogens (tertiary/aromatic N) is 1. The van der Waals surface area contributed by atoms with Crippen molar-refractivity contribution in [3.63, 3.8) is 0 Å². The van der Waals surface area contributed by atoms with Gasteiger partial charge in [-0.3, -0.25) is 9.59 Å². The molecule has 0 spiro atoms. The minimum absolute atomic E-state index is 0. The average Bonchev–Trinajstić information content (AvgIpc) is 2.39. The van der Waals surface area contributed by atoms with E-state index in [0.717, 1.165) is 12.8 Å². The number of carbonyl (C=O) groups excluding carboxylic acids is 2. The predicted octanol–water partition coefficient (Wildman–Crippen LogP) is 1.42. The fourth-order valence-corrected chi connectivity index (χ4v) is 2.49. The van der Waals surface area contributed by atoms with Crippen LogP contribution in [0.15, 0.2) is 24.3 Å². The fourth-order valence-electron chi connectivity index (χ4n) is 2.49. The second kappa shape index (κ2) is 7.14. The number of halogens is 1. The maximum Gasteiger partial charge on any atom is 0.255 e. The van der Waals surface area contributed by atoms with Crippen LogP contribution < -0.4 is 11.5 Å². The number of likely N-dealkylation sites (tertiary alicyclic amines) is 1. The van der Waals surface area contributed by atoms with Crippen molar-refractivity contribution in [1.82, 2.24) is 4.90 Å². The summed E-state index contributed by atoms with van der Waals surface area (Å²) in [5.74, 6) is 0.00220. The zero-order chi connectivity index (χ0) is 13.8. The summed E-state index contributed by atoms with van der Waals surface area (Å²) in [6.45, 7) is 1.32. The molecule has 5 nitrogen and oxygen atoms in total. The molecule has 2 amide bonds. The van der Waals surface area contributed by atoms with Crippen molar-refractivity contribution in [2.75, 3.05) is 18.8 Å². The van der Waals surface area contributed by atoms with E-state index in [1.807, 2.05) is 12.1 Å². The van der Waals surface area contributed by atoms with Gasteiger partial charge >= 0.3 is 0 Å². The number of benzene rings is 1. The van der Waals surface area contributed by atoms with E-state index in [2.05, 4.69) is 0 Å². The topological polar surface area (TPSA) is 89.4 Å². The number of anilines is 1. The number of rotatable bonds is 3. The first-order chi connectivity index (χ1) is 9.08. The molecular formula is C14H20ClN3O2. The van der Waals surface area contributed by atoms with Crippen LogP contribution in [0.2, 0.25) is 0 Å². The number of primary amides is 1. The Labute approximate surface area is 124 Å². The van der Waals surface area contributed by atoms with Crippen molar-refractivity contribution >= 4 is 29.9 Å². The lowest BCUT2D eigenvalue weighted by molar-refractivity contribution is -0.119. The van der Waals surface area contributed by atoms with Crippen molar-refractivity contribution in [3.05, 3.63) is 29.8 Å². The third-order valence-electron chi connectivity index (χ3n) is 3.58. The molecule has 0 unspecified atom stereocenters. The molecule has 20 heavy (non-hydrogen) atoms. The van der Waals surface area contributed by atoms with Gasteiger partial charge in [-0.15, -0.1) is 12.4 Å². The van der Waals surface area contributed by atoms with Gasteiger partial charge in [-0.2, -0.15) is 0 Å². The summed E-state index contributed by atoms with van der Waals surface area (Å²) in [4.78, 5) is 25.0. The monoisotopic (exact) mass is 297 g/mol. The first kappa shape index (κ1) is 16.3. The highest BCUT2D eigenvalue weighted by atomic mass is 35.5. The molecule has 1 heterocycles. The van der Waals surface area contributed by atoms with Gasteiger partial charge in [0.15, 0.2) is 0 Å². The van der Waals surface area contributed by atoms with Crippen LogP contribution in [0, 0.1) is 5.92 Å². The van der Waals surface area contributed by atoms with E-state index in [0.29, 0.717) is 36.7 Å². The highest BCUT2D eigenvalue weighted by molar-refractivity contribution is 5.99. The van der Waals surface area contributed by atoms with E-state index < -0.39 is 0 Å². The molecule has 0 saturated carbocycles. The molecule has 1 saturated heterocycles. The molecule has 2 rings (SSSR count). The molecule has 1 fully saturated rings. The number of hydrogen-bond acceptors (Lipinski definition) is 3. The second-order valence-electron chi connectivity index (χ2n) is 4.99. The van der Waals surface area contributed by atoms with E-state index in [9.17, 15) is 9.59 Å². The summed E-state index contributed by atoms with van der Waals surface area (Å²) in [6.07, 6.45) is 2.05. The zero-order valence-corrected chi connectivity index (χ0v) is 12.1. The van der Waals surface area contributed by atoms with Crippen LogP contribution >= 0.6 is 12.4 Å². The number of nitrogens with two attached hydrogens (primary N) is 2. The summed E-state index contributed by atoms with van der Waals surface area (Å²) >= 11 is 0. The van der Waals surface area contributed by atoms with Gasteiger partial charge in [0.05, 0.1) is 5.56 Å². The van der Waals surface area contributed by atoms with Gasteiger partial charge in [0.1, 0.15) is 0 Å². The minimum atomic E-state index is -0.267. The Kier molecular flexibility index (Phi) is 5.82. The van der Waals surface area contributed by atoms with Gasteiger partial charge in [-0.25, -0.2) is 0 Å². The molecule has 6 heteroatoms. The average molecular weight is 298 g/mol. The molecule has 110 valence electrons. The van der Waals surface area contributed by atoms with Gasteiger partial charge in [0.25, 0.3) is 5.91 Å². The molecule has 0 bridgehead atoms. The van der Waals surface area contributed by atoms with Crippen molar-refractivity contribution in [2.24, 2.45) is 11.7 Å². The summed E-state index contributed by atoms with van der Waals surface area (Å²) < 4.78 is 0. The first-order valence-corrected chi connectivity index (χ1v) is 6.50. The molecular weight excluding hydrogens is 278 g/mol. The Morgan fingerprint density at radius 3 is 2.35 bits per heavy atom. The smallest absolute Gasteiger partial charge is 0.255 e. The number of amides is 2. The van der Waals surface area contributed by atoms with Crippen molar-refractivity contribution < 1.29 is 9.59 Å². The van der Waals surface area contributed by atoms with E-state index in [-0.39, 0.29) is 24.2 Å². The Morgan fingerprint density at radius 1 is 1.20 bits per heavy atom. The zero-order valence-electron chi connectivity index (χ0n) is 11.2. The van der Waals surface area contributed by atoms with E-state index in [1.165, 1.54) is 0 Å². The Hall–Kier alpha value is -1.75. The summed E-state index contributed by atoms with van der Waals surface area (Å²) in [6, 6.07) is 7.09. The van der Waals surface area contributed by atoms with Gasteiger partial charge in [-0.05, 0) is 30.9 Å². The van der Waals surface area contributed by atoms with Gasteiger partial charge in [-0.1, -0.05) is 12.1 Å². The van der Waals surface area contributed by atoms with Crippen LogP contribution in [-0.2, 0) is 4.79 Å². The van der Waals surface area contributed by atoms with Gasteiger partial charge in [0.2, 0.25) is 5.91 Å². The van der Waals surface area contributed by atoms with E-state index >= 15 is 0 Å². The van der Waals surface area contributed by atoms with Crippen LogP contribution in [0.25, 0.3) is 0 Å². The van der Waals surface area contributed by atoms with Crippen LogP contribution in [0.3, 0.4) is 0 Å². The van der Waals surface area contributed by atoms with E-state index in [4.69, 9.17) is 11.5 Å². The van der Waals surface area contributed by atoms with Crippen LogP contribution in [0.1, 0.15) is 29.6 Å². The second-order valence-corrected chi connectivity index (χ2v) is 4.99. The maximum atomic E-state index is 12.3. The molecule has 0 aromatic heterocycles. The van der Waals surface area contributed by atoms with Crippen LogP contribution in [0.5, 0.6) is 0 Å². The standard InChI is InChI=1S/C14H19N3O2.ClH/c15-12-4-2-1-3-11(12)14(19)17-7-5-10(6-8-17)9-13(16)18;/h1-4,10H,5-9,15H2,(H2,16,18);1H. The van der Waals surface area contributed by atoms with Gasteiger partial charge in [0, 0.05) is 25.2 Å². The lowest BCUT2D eigenvalue weighted by Crippen LogP contribution is -2.39. The predicted molar refractivity (Wildman–Crippen MR) is 80.5 cm³/mol. The molecule has 0 radical (unpaired) electrons. The number of piperidine rings is 1. The SMILES string of the molecule is Cl.NC(=O)CC1CCN(C(=O)c2ccccc2N)CC1. The highest BCUT2D eigenvalue weighted by Crippen LogP contribution is 2.22. The largest absolute Gasteiger partial charge is 0.398 e. The molecule has 1 aromatic carbocycles. The highest BCUT2D eigenvalue weighted by Gasteiger charge is 2.25. The molecule has 1 aromatic rings. The summed E-state index contributed by atoms with van der Waals surface area (Å²) in [7, 11) is 0. The molecule has 0 atom stereocenters. The lowest BCUT2D eigenvalue weighted by Gasteiger charge is -2.31. The number of hydrogen-bond donors (Lipinski definition) is 2. The number of carbonyl (C=O) groups is 2. The van der Waals surface area contributed by atoms with Crippen LogP contribution in [-0.4, -0.2) is 29.8 Å². The van der Waals surface area contributed by atoms with Crippen molar-refractivity contribution in [2.45, 2.75) is 19.3 Å².